The Hall–Kier alpha value is -1.72. The highest BCUT2D eigenvalue weighted by molar-refractivity contribution is 7.09. The first-order valence-electron chi connectivity index (χ1n) is 8.04. The number of nitrogens with zero attached hydrogens (tertiary/aromatic N) is 2. The van der Waals surface area contributed by atoms with Gasteiger partial charge in [0.05, 0.1) is 19.1 Å². The van der Waals surface area contributed by atoms with Gasteiger partial charge in [0.1, 0.15) is 0 Å². The van der Waals surface area contributed by atoms with Crippen LogP contribution in [0.3, 0.4) is 0 Å². The van der Waals surface area contributed by atoms with Crippen molar-refractivity contribution >= 4 is 17.2 Å². The topological polar surface area (TPSA) is 42.4 Å². The number of thiophene rings is 1. The van der Waals surface area contributed by atoms with Gasteiger partial charge in [-0.05, 0) is 42.8 Å². The number of hydrogen-bond donors (Lipinski definition) is 0. The van der Waals surface area contributed by atoms with Crippen LogP contribution in [0.15, 0.2) is 35.8 Å². The van der Waals surface area contributed by atoms with Crippen molar-refractivity contribution in [3.8, 4) is 0 Å². The maximum Gasteiger partial charge on any atom is 0.227 e. The fourth-order valence-electron chi connectivity index (χ4n) is 2.77. The highest BCUT2D eigenvalue weighted by atomic mass is 32.1. The average molecular weight is 330 g/mol. The van der Waals surface area contributed by atoms with Crippen molar-refractivity contribution in [1.29, 1.82) is 0 Å². The Balaban J connectivity index is 1.67. The predicted molar refractivity (Wildman–Crippen MR) is 91.4 cm³/mol. The summed E-state index contributed by atoms with van der Waals surface area (Å²) in [6, 6.07) is 8.04. The standard InChI is InChI=1S/C18H22N2O2S/c1-14-6-7-15(11-19-14)10-18(21)20(12-16-4-2-8-22-16)13-17-5-3-9-23-17/h3,5-7,9,11,16H,2,4,8,10,12-13H2,1H3/t16-/m0/s1. The normalized spacial score (nSPS) is 17.3. The van der Waals surface area contributed by atoms with E-state index in [1.54, 1.807) is 17.5 Å². The first-order valence-corrected chi connectivity index (χ1v) is 8.92. The van der Waals surface area contributed by atoms with Crippen molar-refractivity contribution in [2.45, 2.75) is 38.8 Å². The average Bonchev–Trinajstić information content (AvgIpc) is 3.22. The fraction of sp³-hybridized carbons (Fsp3) is 0.444. The van der Waals surface area contributed by atoms with Crippen LogP contribution in [0.5, 0.6) is 0 Å². The molecule has 0 unspecified atom stereocenters. The summed E-state index contributed by atoms with van der Waals surface area (Å²) in [5.41, 5.74) is 1.93. The molecule has 122 valence electrons. The minimum absolute atomic E-state index is 0.138. The Morgan fingerprint density at radius 1 is 1.43 bits per heavy atom. The van der Waals surface area contributed by atoms with Crippen LogP contribution in [0.25, 0.3) is 0 Å². The number of carbonyl (C=O) groups is 1. The third kappa shape index (κ3) is 4.62. The second kappa shape index (κ2) is 7.70. The molecule has 5 heteroatoms. The SMILES string of the molecule is Cc1ccc(CC(=O)N(Cc2cccs2)C[C@@H]2CCCO2)cn1. The van der Waals surface area contributed by atoms with Crippen LogP contribution in [0.2, 0.25) is 0 Å². The smallest absolute Gasteiger partial charge is 0.227 e. The van der Waals surface area contributed by atoms with Crippen molar-refractivity contribution < 1.29 is 9.53 Å². The zero-order valence-electron chi connectivity index (χ0n) is 13.4. The second-order valence-corrected chi connectivity index (χ2v) is 7.01. The molecule has 3 rings (SSSR count). The lowest BCUT2D eigenvalue weighted by atomic mass is 10.1. The quantitative estimate of drug-likeness (QED) is 0.817. The second-order valence-electron chi connectivity index (χ2n) is 5.97. The van der Waals surface area contributed by atoms with E-state index in [1.165, 1.54) is 4.88 Å². The molecule has 1 aliphatic heterocycles. The molecule has 4 nitrogen and oxygen atoms in total. The summed E-state index contributed by atoms with van der Waals surface area (Å²) >= 11 is 1.69. The minimum Gasteiger partial charge on any atom is -0.376 e. The zero-order chi connectivity index (χ0) is 16.1. The molecule has 2 aromatic rings. The fourth-order valence-corrected chi connectivity index (χ4v) is 3.49. The van der Waals surface area contributed by atoms with Crippen molar-refractivity contribution in [2.24, 2.45) is 0 Å². The molecule has 0 N–H and O–H groups in total. The third-order valence-electron chi connectivity index (χ3n) is 4.06. The van der Waals surface area contributed by atoms with Crippen molar-refractivity contribution in [2.75, 3.05) is 13.2 Å². The summed E-state index contributed by atoms with van der Waals surface area (Å²) in [5, 5.41) is 2.05. The molecular weight excluding hydrogens is 308 g/mol. The first kappa shape index (κ1) is 16.1. The molecular formula is C18H22N2O2S. The summed E-state index contributed by atoms with van der Waals surface area (Å²) < 4.78 is 5.72. The lowest BCUT2D eigenvalue weighted by molar-refractivity contribution is -0.132. The zero-order valence-corrected chi connectivity index (χ0v) is 14.2. The molecule has 1 aliphatic rings. The summed E-state index contributed by atoms with van der Waals surface area (Å²) in [7, 11) is 0. The van der Waals surface area contributed by atoms with E-state index in [9.17, 15) is 4.79 Å². The van der Waals surface area contributed by atoms with Crippen LogP contribution in [0.1, 0.15) is 29.0 Å². The Labute approximate surface area is 141 Å². The largest absolute Gasteiger partial charge is 0.376 e. The van der Waals surface area contributed by atoms with E-state index < -0.39 is 0 Å². The van der Waals surface area contributed by atoms with Gasteiger partial charge in [-0.25, -0.2) is 0 Å². The molecule has 0 aliphatic carbocycles. The third-order valence-corrected chi connectivity index (χ3v) is 4.92. The molecule has 3 heterocycles. The highest BCUT2D eigenvalue weighted by Crippen LogP contribution is 2.18. The molecule has 23 heavy (non-hydrogen) atoms. The van der Waals surface area contributed by atoms with Gasteiger partial charge in [0.25, 0.3) is 0 Å². The summed E-state index contributed by atoms with van der Waals surface area (Å²) in [5.74, 6) is 0.138. The van der Waals surface area contributed by atoms with Gasteiger partial charge in [-0.15, -0.1) is 11.3 Å². The van der Waals surface area contributed by atoms with Crippen LogP contribution in [0.4, 0.5) is 0 Å². The van der Waals surface area contributed by atoms with E-state index in [-0.39, 0.29) is 12.0 Å². The number of aromatic nitrogens is 1. The highest BCUT2D eigenvalue weighted by Gasteiger charge is 2.23. The van der Waals surface area contributed by atoms with Gasteiger partial charge >= 0.3 is 0 Å². The van der Waals surface area contributed by atoms with E-state index in [4.69, 9.17) is 4.74 Å². The Morgan fingerprint density at radius 2 is 2.35 bits per heavy atom. The lowest BCUT2D eigenvalue weighted by Crippen LogP contribution is -2.37. The van der Waals surface area contributed by atoms with E-state index in [2.05, 4.69) is 11.1 Å². The van der Waals surface area contributed by atoms with Gasteiger partial charge in [0.2, 0.25) is 5.91 Å². The molecule has 0 spiro atoms. The number of carbonyl (C=O) groups excluding carboxylic acids is 1. The summed E-state index contributed by atoms with van der Waals surface area (Å²) in [6.45, 7) is 4.10. The minimum atomic E-state index is 0.138. The van der Waals surface area contributed by atoms with Crippen LogP contribution < -0.4 is 0 Å². The number of pyridine rings is 1. The number of amides is 1. The monoisotopic (exact) mass is 330 g/mol. The van der Waals surface area contributed by atoms with Crippen molar-refractivity contribution in [3.05, 3.63) is 52.0 Å². The van der Waals surface area contributed by atoms with E-state index in [0.29, 0.717) is 19.5 Å². The first-order chi connectivity index (χ1) is 11.2. The van der Waals surface area contributed by atoms with Crippen LogP contribution in [0, 0.1) is 6.92 Å². The lowest BCUT2D eigenvalue weighted by Gasteiger charge is -2.25. The Morgan fingerprint density at radius 3 is 3.00 bits per heavy atom. The Bertz CT molecular complexity index is 619. The van der Waals surface area contributed by atoms with E-state index in [1.807, 2.05) is 35.4 Å². The van der Waals surface area contributed by atoms with Crippen molar-refractivity contribution in [3.63, 3.8) is 0 Å². The molecule has 1 amide bonds. The van der Waals surface area contributed by atoms with E-state index >= 15 is 0 Å². The van der Waals surface area contributed by atoms with Gasteiger partial charge in [-0.3, -0.25) is 9.78 Å². The van der Waals surface area contributed by atoms with Gasteiger partial charge in [-0.2, -0.15) is 0 Å². The predicted octanol–water partition coefficient (Wildman–Crippen LogP) is 3.20. The number of ether oxygens (including phenoxy) is 1. The van der Waals surface area contributed by atoms with Gasteiger partial charge in [0.15, 0.2) is 0 Å². The van der Waals surface area contributed by atoms with Crippen molar-refractivity contribution in [1.82, 2.24) is 9.88 Å². The molecule has 0 bridgehead atoms. The van der Waals surface area contributed by atoms with Crippen LogP contribution in [-0.4, -0.2) is 35.0 Å². The number of aryl methyl sites for hydroxylation is 1. The summed E-state index contributed by atoms with van der Waals surface area (Å²) in [6.07, 6.45) is 4.50. The molecule has 1 atom stereocenters. The number of rotatable bonds is 6. The molecule has 1 fully saturated rings. The molecule has 0 saturated carbocycles. The summed E-state index contributed by atoms with van der Waals surface area (Å²) in [4.78, 5) is 20.2. The Kier molecular flexibility index (Phi) is 5.41. The van der Waals surface area contributed by atoms with Gasteiger partial charge in [-0.1, -0.05) is 12.1 Å². The molecule has 0 radical (unpaired) electrons. The molecule has 2 aromatic heterocycles. The van der Waals surface area contributed by atoms with Crippen LogP contribution in [-0.2, 0) is 22.5 Å². The molecule has 0 aromatic carbocycles. The number of hydrogen-bond acceptors (Lipinski definition) is 4. The van der Waals surface area contributed by atoms with Crippen LogP contribution >= 0.6 is 11.3 Å². The van der Waals surface area contributed by atoms with Gasteiger partial charge < -0.3 is 9.64 Å². The van der Waals surface area contributed by atoms with Gasteiger partial charge in [0, 0.05) is 29.9 Å². The maximum absolute atomic E-state index is 12.8. The molecule has 1 saturated heterocycles. The maximum atomic E-state index is 12.8. The van der Waals surface area contributed by atoms with E-state index in [0.717, 1.165) is 30.7 Å².